The minimum absolute atomic E-state index is 0.0555. The van der Waals surface area contributed by atoms with Crippen molar-refractivity contribution in [3.63, 3.8) is 0 Å². The molecule has 1 aliphatic rings. The fourth-order valence-electron chi connectivity index (χ4n) is 1.68. The molecular weight excluding hydrogens is 222 g/mol. The number of piperazine rings is 1. The lowest BCUT2D eigenvalue weighted by Gasteiger charge is -2.32. The van der Waals surface area contributed by atoms with Crippen LogP contribution in [0.1, 0.15) is 19.8 Å². The maximum absolute atomic E-state index is 11.7. The molecule has 0 bridgehead atoms. The van der Waals surface area contributed by atoms with Gasteiger partial charge in [0.15, 0.2) is 0 Å². The van der Waals surface area contributed by atoms with Gasteiger partial charge in [0.05, 0.1) is 6.54 Å². The smallest absolute Gasteiger partial charge is 0.242 e. The molecule has 1 N–H and O–H groups in total. The molecular formula is C11H19N3O3. The number of rotatable bonds is 5. The third kappa shape index (κ3) is 4.42. The van der Waals surface area contributed by atoms with Crippen molar-refractivity contribution in [2.45, 2.75) is 19.8 Å². The molecule has 6 nitrogen and oxygen atoms in total. The predicted octanol–water partition coefficient (Wildman–Crippen LogP) is -0.797. The van der Waals surface area contributed by atoms with Gasteiger partial charge in [0.1, 0.15) is 0 Å². The van der Waals surface area contributed by atoms with Crippen LogP contribution in [0.5, 0.6) is 0 Å². The van der Waals surface area contributed by atoms with Crippen molar-refractivity contribution in [1.29, 1.82) is 0 Å². The van der Waals surface area contributed by atoms with Crippen LogP contribution in [0.2, 0.25) is 0 Å². The Morgan fingerprint density at radius 1 is 1.24 bits per heavy atom. The normalized spacial score (nSPS) is 15.6. The van der Waals surface area contributed by atoms with E-state index in [1.807, 2.05) is 6.92 Å². The third-order valence-corrected chi connectivity index (χ3v) is 2.73. The molecule has 0 aliphatic carbocycles. The number of hydrogen-bond acceptors (Lipinski definition) is 3. The van der Waals surface area contributed by atoms with Gasteiger partial charge in [-0.2, -0.15) is 0 Å². The Balaban J connectivity index is 2.24. The Labute approximate surface area is 101 Å². The summed E-state index contributed by atoms with van der Waals surface area (Å²) in [6, 6.07) is 0. The van der Waals surface area contributed by atoms with Crippen LogP contribution in [0.4, 0.5) is 0 Å². The van der Waals surface area contributed by atoms with Gasteiger partial charge in [-0.15, -0.1) is 0 Å². The van der Waals surface area contributed by atoms with Gasteiger partial charge in [-0.1, -0.05) is 6.92 Å². The van der Waals surface area contributed by atoms with Crippen LogP contribution in [-0.2, 0) is 14.4 Å². The van der Waals surface area contributed by atoms with Crippen LogP contribution in [0.25, 0.3) is 0 Å². The number of carbonyl (C=O) groups is 3. The summed E-state index contributed by atoms with van der Waals surface area (Å²) in [4.78, 5) is 36.7. The van der Waals surface area contributed by atoms with Crippen molar-refractivity contribution in [2.24, 2.45) is 0 Å². The van der Waals surface area contributed by atoms with Gasteiger partial charge in [-0.3, -0.25) is 14.4 Å². The fourth-order valence-corrected chi connectivity index (χ4v) is 1.68. The van der Waals surface area contributed by atoms with Gasteiger partial charge < -0.3 is 15.1 Å². The van der Waals surface area contributed by atoms with Crippen LogP contribution in [0.3, 0.4) is 0 Å². The van der Waals surface area contributed by atoms with Crippen molar-refractivity contribution in [2.75, 3.05) is 32.7 Å². The van der Waals surface area contributed by atoms with Crippen LogP contribution < -0.4 is 5.32 Å². The number of nitrogens with zero attached hydrogens (tertiary/aromatic N) is 2. The molecule has 6 heteroatoms. The molecule has 1 saturated heterocycles. The van der Waals surface area contributed by atoms with E-state index in [9.17, 15) is 14.4 Å². The lowest BCUT2D eigenvalue weighted by atomic mass is 10.3. The Morgan fingerprint density at radius 3 is 2.41 bits per heavy atom. The zero-order valence-corrected chi connectivity index (χ0v) is 10.1. The quantitative estimate of drug-likeness (QED) is 0.641. The second kappa shape index (κ2) is 6.88. The van der Waals surface area contributed by atoms with Crippen LogP contribution >= 0.6 is 0 Å². The summed E-state index contributed by atoms with van der Waals surface area (Å²) in [7, 11) is 0. The van der Waals surface area contributed by atoms with Crippen molar-refractivity contribution >= 4 is 18.2 Å². The fraction of sp³-hybridized carbons (Fsp3) is 0.727. The monoisotopic (exact) mass is 241 g/mol. The maximum atomic E-state index is 11.7. The lowest BCUT2D eigenvalue weighted by molar-refractivity contribution is -0.135. The number of hydrogen-bond donors (Lipinski definition) is 1. The molecule has 17 heavy (non-hydrogen) atoms. The van der Waals surface area contributed by atoms with Crippen LogP contribution in [0, 0.1) is 0 Å². The molecule has 1 rings (SSSR count). The summed E-state index contributed by atoms with van der Waals surface area (Å²) in [5, 5.41) is 2.59. The molecule has 0 aromatic heterocycles. The SMILES string of the molecule is CCCC(=O)NCC(=O)N1CCN(C=O)CC1. The molecule has 0 spiro atoms. The number of nitrogens with one attached hydrogen (secondary N) is 1. The van der Waals surface area contributed by atoms with Crippen molar-refractivity contribution < 1.29 is 14.4 Å². The highest BCUT2D eigenvalue weighted by molar-refractivity contribution is 5.84. The third-order valence-electron chi connectivity index (χ3n) is 2.73. The first kappa shape index (κ1) is 13.5. The second-order valence-corrected chi connectivity index (χ2v) is 4.05. The molecule has 3 amide bonds. The topological polar surface area (TPSA) is 69.7 Å². The Bertz CT molecular complexity index is 286. The minimum Gasteiger partial charge on any atom is -0.347 e. The zero-order chi connectivity index (χ0) is 12.7. The maximum Gasteiger partial charge on any atom is 0.242 e. The molecule has 0 atom stereocenters. The van der Waals surface area contributed by atoms with E-state index in [0.29, 0.717) is 32.6 Å². The van der Waals surface area contributed by atoms with Crippen molar-refractivity contribution in [1.82, 2.24) is 15.1 Å². The zero-order valence-electron chi connectivity index (χ0n) is 10.1. The van der Waals surface area contributed by atoms with Gasteiger partial charge in [0, 0.05) is 32.6 Å². The summed E-state index contributed by atoms with van der Waals surface area (Å²) in [5.41, 5.74) is 0. The van der Waals surface area contributed by atoms with E-state index >= 15 is 0 Å². The first-order valence-corrected chi connectivity index (χ1v) is 5.91. The van der Waals surface area contributed by atoms with E-state index in [2.05, 4.69) is 5.32 Å². The first-order chi connectivity index (χ1) is 8.17. The predicted molar refractivity (Wildman–Crippen MR) is 62.1 cm³/mol. The largest absolute Gasteiger partial charge is 0.347 e. The highest BCUT2D eigenvalue weighted by atomic mass is 16.2. The molecule has 0 aromatic rings. The van der Waals surface area contributed by atoms with E-state index in [1.54, 1.807) is 9.80 Å². The molecule has 1 aliphatic heterocycles. The standard InChI is InChI=1S/C11H19N3O3/c1-2-3-10(16)12-8-11(17)14-6-4-13(9-15)5-7-14/h9H,2-8H2,1H3,(H,12,16). The lowest BCUT2D eigenvalue weighted by Crippen LogP contribution is -2.50. The van der Waals surface area contributed by atoms with Gasteiger partial charge in [0.2, 0.25) is 18.2 Å². The van der Waals surface area contributed by atoms with Crippen molar-refractivity contribution in [3.8, 4) is 0 Å². The molecule has 0 saturated carbocycles. The van der Waals surface area contributed by atoms with Crippen molar-refractivity contribution in [3.05, 3.63) is 0 Å². The van der Waals surface area contributed by atoms with Gasteiger partial charge in [-0.25, -0.2) is 0 Å². The average Bonchev–Trinajstić information content (AvgIpc) is 2.36. The summed E-state index contributed by atoms with van der Waals surface area (Å²) < 4.78 is 0. The molecule has 96 valence electrons. The van der Waals surface area contributed by atoms with Gasteiger partial charge in [0.25, 0.3) is 0 Å². The van der Waals surface area contributed by atoms with E-state index in [-0.39, 0.29) is 18.4 Å². The number of amides is 3. The number of carbonyl (C=O) groups excluding carboxylic acids is 3. The Hall–Kier alpha value is -1.59. The summed E-state index contributed by atoms with van der Waals surface area (Å²) >= 11 is 0. The van der Waals surface area contributed by atoms with E-state index in [1.165, 1.54) is 0 Å². The summed E-state index contributed by atoms with van der Waals surface area (Å²) in [6.45, 7) is 4.19. The van der Waals surface area contributed by atoms with Crippen LogP contribution in [0.15, 0.2) is 0 Å². The van der Waals surface area contributed by atoms with E-state index < -0.39 is 0 Å². The molecule has 0 unspecified atom stereocenters. The van der Waals surface area contributed by atoms with Gasteiger partial charge in [-0.05, 0) is 6.42 Å². The molecule has 1 heterocycles. The summed E-state index contributed by atoms with van der Waals surface area (Å²) in [5.74, 6) is -0.174. The minimum atomic E-state index is -0.0904. The summed E-state index contributed by atoms with van der Waals surface area (Å²) in [6.07, 6.45) is 2.02. The first-order valence-electron chi connectivity index (χ1n) is 5.91. The molecule has 0 radical (unpaired) electrons. The second-order valence-electron chi connectivity index (χ2n) is 4.05. The van der Waals surface area contributed by atoms with Crippen LogP contribution in [-0.4, -0.2) is 60.7 Å². The molecule has 0 aromatic carbocycles. The molecule has 1 fully saturated rings. The highest BCUT2D eigenvalue weighted by Gasteiger charge is 2.19. The van der Waals surface area contributed by atoms with E-state index in [0.717, 1.165) is 12.8 Å². The van der Waals surface area contributed by atoms with Gasteiger partial charge >= 0.3 is 0 Å². The Morgan fingerprint density at radius 2 is 1.88 bits per heavy atom. The highest BCUT2D eigenvalue weighted by Crippen LogP contribution is 1.99. The average molecular weight is 241 g/mol. The van der Waals surface area contributed by atoms with E-state index in [4.69, 9.17) is 0 Å². The Kier molecular flexibility index (Phi) is 5.45.